The lowest BCUT2D eigenvalue weighted by molar-refractivity contribution is -0.127. The molecule has 9 heteroatoms. The van der Waals surface area contributed by atoms with Crippen LogP contribution in [-0.2, 0) is 11.3 Å². The first-order valence-corrected chi connectivity index (χ1v) is 10.6. The van der Waals surface area contributed by atoms with Crippen LogP contribution in [0.4, 0.5) is 0 Å². The zero-order valence-corrected chi connectivity index (χ0v) is 21.5. The van der Waals surface area contributed by atoms with Crippen LogP contribution >= 0.6 is 35.7 Å². The van der Waals surface area contributed by atoms with Crippen molar-refractivity contribution in [2.24, 2.45) is 4.99 Å². The van der Waals surface area contributed by atoms with Crippen molar-refractivity contribution in [1.82, 2.24) is 15.5 Å². The first-order valence-electron chi connectivity index (χ1n) is 9.64. The fourth-order valence-electron chi connectivity index (χ4n) is 2.49. The maximum Gasteiger partial charge on any atom is 0.241 e. The highest BCUT2D eigenvalue weighted by atomic mass is 127. The molecule has 0 fully saturated rings. The molecule has 0 heterocycles. The molecule has 31 heavy (non-hydrogen) atoms. The van der Waals surface area contributed by atoms with Gasteiger partial charge in [0, 0.05) is 42.9 Å². The maximum absolute atomic E-state index is 12.0. The third-order valence-electron chi connectivity index (χ3n) is 4.21. The molecule has 0 saturated carbocycles. The fraction of sp³-hybridized carbons (Fsp3) is 0.364. The maximum atomic E-state index is 12.0. The molecule has 170 valence electrons. The van der Waals surface area contributed by atoms with Crippen LogP contribution in [0.2, 0.25) is 0 Å². The van der Waals surface area contributed by atoms with Crippen LogP contribution in [0, 0.1) is 0 Å². The minimum Gasteiger partial charge on any atom is -0.497 e. The molecular weight excluding hydrogens is 527 g/mol. The monoisotopic (exact) mass is 558 g/mol. The topological polar surface area (TPSA) is 75.2 Å². The van der Waals surface area contributed by atoms with E-state index in [2.05, 4.69) is 27.8 Å². The lowest BCUT2D eigenvalue weighted by atomic mass is 10.2. The number of thioether (sulfide) groups is 1. The molecule has 2 rings (SSSR count). The number of nitrogens with one attached hydrogen (secondary N) is 2. The largest absolute Gasteiger partial charge is 0.497 e. The molecule has 2 aromatic rings. The number of benzene rings is 2. The van der Waals surface area contributed by atoms with Gasteiger partial charge in [-0.25, -0.2) is 4.99 Å². The van der Waals surface area contributed by atoms with Gasteiger partial charge in [0.25, 0.3) is 0 Å². The number of amides is 1. The molecular formula is C22H31IN4O3S. The van der Waals surface area contributed by atoms with Gasteiger partial charge in [0.05, 0.1) is 27.3 Å². The van der Waals surface area contributed by atoms with E-state index in [4.69, 9.17) is 9.47 Å². The molecule has 0 aliphatic carbocycles. The van der Waals surface area contributed by atoms with Gasteiger partial charge in [-0.1, -0.05) is 18.2 Å². The molecule has 7 nitrogen and oxygen atoms in total. The van der Waals surface area contributed by atoms with Crippen molar-refractivity contribution >= 4 is 47.6 Å². The van der Waals surface area contributed by atoms with E-state index in [1.165, 1.54) is 4.90 Å². The Morgan fingerprint density at radius 3 is 2.45 bits per heavy atom. The van der Waals surface area contributed by atoms with Crippen LogP contribution in [0.5, 0.6) is 11.5 Å². The molecule has 0 unspecified atom stereocenters. The number of hydrogen-bond acceptors (Lipinski definition) is 5. The van der Waals surface area contributed by atoms with E-state index in [-0.39, 0.29) is 36.4 Å². The van der Waals surface area contributed by atoms with Crippen LogP contribution in [0.3, 0.4) is 0 Å². The Bertz CT molecular complexity index is 835. The number of ether oxygens (including phenoxy) is 2. The SMILES string of the molecule is COc1ccc(CN=C(NCCSc2ccccc2)NCC(=O)N(C)C)c(OC)c1.I. The van der Waals surface area contributed by atoms with Crippen LogP contribution in [0.1, 0.15) is 5.56 Å². The second-order valence-electron chi connectivity index (χ2n) is 6.57. The molecule has 0 spiro atoms. The summed E-state index contributed by atoms with van der Waals surface area (Å²) in [5.41, 5.74) is 0.928. The van der Waals surface area contributed by atoms with Gasteiger partial charge in [-0.2, -0.15) is 0 Å². The van der Waals surface area contributed by atoms with Gasteiger partial charge in [0.1, 0.15) is 11.5 Å². The van der Waals surface area contributed by atoms with Crippen molar-refractivity contribution in [2.75, 3.05) is 47.2 Å². The van der Waals surface area contributed by atoms with Crippen molar-refractivity contribution < 1.29 is 14.3 Å². The van der Waals surface area contributed by atoms with Crippen LogP contribution in [-0.4, -0.2) is 63.9 Å². The molecule has 2 aromatic carbocycles. The Hall–Kier alpha value is -2.14. The van der Waals surface area contributed by atoms with Gasteiger partial charge in [-0.3, -0.25) is 4.79 Å². The predicted molar refractivity (Wildman–Crippen MR) is 138 cm³/mol. The van der Waals surface area contributed by atoms with E-state index in [9.17, 15) is 4.79 Å². The third-order valence-corrected chi connectivity index (χ3v) is 5.23. The zero-order chi connectivity index (χ0) is 21.8. The minimum absolute atomic E-state index is 0. The van der Waals surface area contributed by atoms with Gasteiger partial charge in [0.2, 0.25) is 5.91 Å². The smallest absolute Gasteiger partial charge is 0.241 e. The van der Waals surface area contributed by atoms with E-state index < -0.39 is 0 Å². The summed E-state index contributed by atoms with van der Waals surface area (Å²) in [6.07, 6.45) is 0. The zero-order valence-electron chi connectivity index (χ0n) is 18.4. The second kappa shape index (κ2) is 14.8. The highest BCUT2D eigenvalue weighted by Gasteiger charge is 2.08. The first-order chi connectivity index (χ1) is 14.5. The summed E-state index contributed by atoms with van der Waals surface area (Å²) in [5.74, 6) is 2.87. The van der Waals surface area contributed by atoms with E-state index in [0.717, 1.165) is 17.1 Å². The van der Waals surface area contributed by atoms with Gasteiger partial charge < -0.3 is 25.0 Å². The molecule has 0 aromatic heterocycles. The highest BCUT2D eigenvalue weighted by Crippen LogP contribution is 2.25. The molecule has 0 saturated heterocycles. The Morgan fingerprint density at radius 2 is 1.81 bits per heavy atom. The number of carbonyl (C=O) groups excluding carboxylic acids is 1. The van der Waals surface area contributed by atoms with Gasteiger partial charge in [0.15, 0.2) is 5.96 Å². The summed E-state index contributed by atoms with van der Waals surface area (Å²) in [6.45, 7) is 1.29. The van der Waals surface area contributed by atoms with Crippen LogP contribution < -0.4 is 20.1 Å². The predicted octanol–water partition coefficient (Wildman–Crippen LogP) is 3.24. The van der Waals surface area contributed by atoms with E-state index >= 15 is 0 Å². The minimum atomic E-state index is -0.0230. The lowest BCUT2D eigenvalue weighted by Crippen LogP contribution is -2.43. The molecule has 2 N–H and O–H groups in total. The fourth-order valence-corrected chi connectivity index (χ4v) is 3.28. The normalized spacial score (nSPS) is 10.6. The Morgan fingerprint density at radius 1 is 1.06 bits per heavy atom. The summed E-state index contributed by atoms with van der Waals surface area (Å²) >= 11 is 1.76. The van der Waals surface area contributed by atoms with Crippen molar-refractivity contribution in [3.8, 4) is 11.5 Å². The highest BCUT2D eigenvalue weighted by molar-refractivity contribution is 14.0. The Kier molecular flexibility index (Phi) is 12.8. The van der Waals surface area contributed by atoms with Crippen molar-refractivity contribution in [2.45, 2.75) is 11.4 Å². The number of aliphatic imine (C=N–C) groups is 1. The Labute approximate surface area is 206 Å². The number of methoxy groups -OCH3 is 2. The summed E-state index contributed by atoms with van der Waals surface area (Å²) < 4.78 is 10.7. The van der Waals surface area contributed by atoms with Crippen molar-refractivity contribution in [3.63, 3.8) is 0 Å². The molecule has 0 radical (unpaired) electrons. The number of likely N-dealkylation sites (N-methyl/N-ethyl adjacent to an activating group) is 1. The molecule has 1 amide bonds. The van der Waals surface area contributed by atoms with Crippen molar-refractivity contribution in [1.29, 1.82) is 0 Å². The lowest BCUT2D eigenvalue weighted by Gasteiger charge is -2.15. The summed E-state index contributed by atoms with van der Waals surface area (Å²) in [7, 11) is 6.70. The second-order valence-corrected chi connectivity index (χ2v) is 7.74. The number of halogens is 1. The number of carbonyl (C=O) groups is 1. The molecule has 0 atom stereocenters. The number of hydrogen-bond donors (Lipinski definition) is 2. The summed E-state index contributed by atoms with van der Waals surface area (Å²) in [4.78, 5) is 19.3. The number of guanidine groups is 1. The van der Waals surface area contributed by atoms with Gasteiger partial charge in [-0.05, 0) is 24.3 Å². The number of rotatable bonds is 10. The quantitative estimate of drug-likeness (QED) is 0.153. The number of nitrogens with zero attached hydrogens (tertiary/aromatic N) is 2. The summed E-state index contributed by atoms with van der Waals surface area (Å²) in [6, 6.07) is 15.9. The Balaban J connectivity index is 0.00000480. The third kappa shape index (κ3) is 9.69. The van der Waals surface area contributed by atoms with Crippen LogP contribution in [0.25, 0.3) is 0 Å². The average molecular weight is 558 g/mol. The molecule has 0 bridgehead atoms. The molecule has 0 aliphatic rings. The standard InChI is InChI=1S/C22H30N4O3S.HI/c1-26(2)21(27)16-25-22(23-12-13-30-19-8-6-5-7-9-19)24-15-17-10-11-18(28-3)14-20(17)29-4;/h5-11,14H,12-13,15-16H2,1-4H3,(H2,23,24,25);1H. The van der Waals surface area contributed by atoms with E-state index in [1.54, 1.807) is 45.0 Å². The van der Waals surface area contributed by atoms with E-state index in [0.29, 0.717) is 24.8 Å². The van der Waals surface area contributed by atoms with E-state index in [1.807, 2.05) is 36.4 Å². The average Bonchev–Trinajstić information content (AvgIpc) is 2.78. The van der Waals surface area contributed by atoms with Crippen molar-refractivity contribution in [3.05, 3.63) is 54.1 Å². The van der Waals surface area contributed by atoms with Gasteiger partial charge >= 0.3 is 0 Å². The summed E-state index contributed by atoms with van der Waals surface area (Å²) in [5, 5.41) is 6.40. The molecule has 0 aliphatic heterocycles. The van der Waals surface area contributed by atoms with Gasteiger partial charge in [-0.15, -0.1) is 35.7 Å². The first kappa shape index (κ1) is 26.9. The van der Waals surface area contributed by atoms with Crippen LogP contribution in [0.15, 0.2) is 58.4 Å².